The molecular weight excluding hydrogens is 372 g/mol. The zero-order valence-electron chi connectivity index (χ0n) is 16.2. The van der Waals surface area contributed by atoms with Gasteiger partial charge in [0.2, 0.25) is 0 Å². The molecule has 1 aliphatic rings. The van der Waals surface area contributed by atoms with Crippen LogP contribution in [0.25, 0.3) is 16.5 Å². The lowest BCUT2D eigenvalue weighted by Gasteiger charge is -2.12. The molecule has 0 radical (unpaired) electrons. The van der Waals surface area contributed by atoms with E-state index in [-0.39, 0.29) is 4.90 Å². The fraction of sp³-hybridized carbons (Fsp3) is 0.273. The summed E-state index contributed by atoms with van der Waals surface area (Å²) in [5.41, 5.74) is 6.34. The van der Waals surface area contributed by atoms with Gasteiger partial charge in [0.25, 0.3) is 10.1 Å². The molecule has 2 heterocycles. The smallest absolute Gasteiger partial charge is 0.294 e. The van der Waals surface area contributed by atoms with E-state index in [1.165, 1.54) is 39.9 Å². The Labute approximate surface area is 166 Å². The first kappa shape index (κ1) is 20.3. The van der Waals surface area contributed by atoms with Crippen molar-refractivity contribution >= 4 is 26.6 Å². The summed E-state index contributed by atoms with van der Waals surface area (Å²) in [6, 6.07) is 15.0. The van der Waals surface area contributed by atoms with Crippen molar-refractivity contribution in [1.29, 1.82) is 0 Å². The molecule has 3 aromatic rings. The molecule has 6 heteroatoms. The predicted octanol–water partition coefficient (Wildman–Crippen LogP) is 4.35. The summed E-state index contributed by atoms with van der Waals surface area (Å²) >= 11 is 0. The normalized spacial score (nSPS) is 14.3. The number of hydrogen-bond donors (Lipinski definition) is 3. The number of fused-ring (bicyclic) bond motifs is 1. The fourth-order valence-corrected chi connectivity index (χ4v) is 3.63. The first-order valence-corrected chi connectivity index (χ1v) is 10.9. The second-order valence-electron chi connectivity index (χ2n) is 6.93. The Morgan fingerprint density at radius 1 is 1.07 bits per heavy atom. The first-order chi connectivity index (χ1) is 13.4. The highest BCUT2D eigenvalue weighted by Gasteiger charge is 2.09. The third-order valence-electron chi connectivity index (χ3n) is 4.82. The molecule has 0 unspecified atom stereocenters. The van der Waals surface area contributed by atoms with Gasteiger partial charge in [-0.1, -0.05) is 36.8 Å². The number of hydrogen-bond acceptors (Lipinski definition) is 3. The minimum Gasteiger partial charge on any atom is -0.355 e. The van der Waals surface area contributed by atoms with E-state index in [9.17, 15) is 8.42 Å². The molecule has 28 heavy (non-hydrogen) atoms. The maximum absolute atomic E-state index is 10.5. The van der Waals surface area contributed by atoms with Gasteiger partial charge in [-0.25, -0.2) is 0 Å². The standard InChI is InChI=1S/C15H18N2.C7H8O3S/c1-2-11-3-4-14-13(9-11)10-15(17-14)12-5-7-16-8-6-12;1-6-2-4-7(5-3-6)11(8,9)10/h3-5,9-10,16-17H,2,6-8H2,1H3;2-5H,1H3,(H,8,9,10). The minimum atomic E-state index is -4.02. The van der Waals surface area contributed by atoms with Crippen LogP contribution in [-0.4, -0.2) is 31.0 Å². The maximum Gasteiger partial charge on any atom is 0.294 e. The van der Waals surface area contributed by atoms with Gasteiger partial charge < -0.3 is 10.3 Å². The van der Waals surface area contributed by atoms with E-state index in [4.69, 9.17) is 4.55 Å². The molecule has 1 aromatic heterocycles. The third kappa shape index (κ3) is 5.10. The van der Waals surface area contributed by atoms with E-state index >= 15 is 0 Å². The summed E-state index contributed by atoms with van der Waals surface area (Å²) < 4.78 is 29.6. The van der Waals surface area contributed by atoms with Gasteiger partial charge in [-0.2, -0.15) is 8.42 Å². The topological polar surface area (TPSA) is 82.2 Å². The molecule has 0 amide bonds. The summed E-state index contributed by atoms with van der Waals surface area (Å²) in [7, 11) is -4.02. The predicted molar refractivity (Wildman–Crippen MR) is 114 cm³/mol. The van der Waals surface area contributed by atoms with Gasteiger partial charge in [0.15, 0.2) is 0 Å². The lowest BCUT2D eigenvalue weighted by molar-refractivity contribution is 0.483. The zero-order chi connectivity index (χ0) is 20.1. The number of aromatic nitrogens is 1. The van der Waals surface area contributed by atoms with Crippen molar-refractivity contribution in [2.75, 3.05) is 13.1 Å². The molecule has 0 fully saturated rings. The highest BCUT2D eigenvalue weighted by atomic mass is 32.2. The summed E-state index contributed by atoms with van der Waals surface area (Å²) in [5.74, 6) is 0. The van der Waals surface area contributed by atoms with Crippen LogP contribution < -0.4 is 5.32 Å². The second kappa shape index (κ2) is 8.73. The summed E-state index contributed by atoms with van der Waals surface area (Å²) in [4.78, 5) is 3.45. The molecule has 3 N–H and O–H groups in total. The largest absolute Gasteiger partial charge is 0.355 e. The molecule has 1 aliphatic heterocycles. The van der Waals surface area contributed by atoms with Crippen molar-refractivity contribution in [2.45, 2.75) is 31.6 Å². The Morgan fingerprint density at radius 3 is 2.43 bits per heavy atom. The SMILES string of the molecule is CCc1ccc2[nH]c(C3=CCNCC3)cc2c1.Cc1ccc(S(=O)(=O)O)cc1. The Hall–Kier alpha value is -2.41. The van der Waals surface area contributed by atoms with Gasteiger partial charge in [-0.15, -0.1) is 0 Å². The molecule has 0 saturated heterocycles. The van der Waals surface area contributed by atoms with Crippen LogP contribution in [-0.2, 0) is 16.5 Å². The van der Waals surface area contributed by atoms with Crippen molar-refractivity contribution in [3.63, 3.8) is 0 Å². The van der Waals surface area contributed by atoms with Gasteiger partial charge in [0.05, 0.1) is 4.90 Å². The summed E-state index contributed by atoms with van der Waals surface area (Å²) in [6.45, 7) is 6.12. The number of nitrogens with one attached hydrogen (secondary N) is 2. The molecule has 0 atom stereocenters. The van der Waals surface area contributed by atoms with Gasteiger partial charge in [-0.05, 0) is 67.8 Å². The molecule has 0 aliphatic carbocycles. The van der Waals surface area contributed by atoms with Gasteiger partial charge in [0.1, 0.15) is 0 Å². The molecule has 5 nitrogen and oxygen atoms in total. The van der Waals surface area contributed by atoms with E-state index in [1.807, 2.05) is 6.92 Å². The van der Waals surface area contributed by atoms with E-state index < -0.39 is 10.1 Å². The number of aromatic amines is 1. The summed E-state index contributed by atoms with van der Waals surface area (Å²) in [5, 5.41) is 4.68. The van der Waals surface area contributed by atoms with Gasteiger partial charge in [0, 0.05) is 23.1 Å². The van der Waals surface area contributed by atoms with Crippen LogP contribution in [0, 0.1) is 6.92 Å². The summed E-state index contributed by atoms with van der Waals surface area (Å²) in [6.07, 6.45) is 4.51. The number of aryl methyl sites for hydroxylation is 2. The number of benzene rings is 2. The average Bonchev–Trinajstić information content (AvgIpc) is 3.12. The van der Waals surface area contributed by atoms with Gasteiger partial charge >= 0.3 is 0 Å². The van der Waals surface area contributed by atoms with Gasteiger partial charge in [-0.3, -0.25) is 4.55 Å². The van der Waals surface area contributed by atoms with Crippen LogP contribution >= 0.6 is 0 Å². The maximum atomic E-state index is 10.5. The van der Waals surface area contributed by atoms with Crippen LogP contribution in [0.3, 0.4) is 0 Å². The molecule has 148 valence electrons. The average molecular weight is 399 g/mol. The third-order valence-corrected chi connectivity index (χ3v) is 5.69. The van der Waals surface area contributed by atoms with Crippen molar-refractivity contribution in [2.24, 2.45) is 0 Å². The lowest BCUT2D eigenvalue weighted by Crippen LogP contribution is -2.20. The van der Waals surface area contributed by atoms with E-state index in [0.717, 1.165) is 31.5 Å². The van der Waals surface area contributed by atoms with E-state index in [1.54, 1.807) is 12.1 Å². The Morgan fingerprint density at radius 2 is 1.82 bits per heavy atom. The monoisotopic (exact) mass is 398 g/mol. The Balaban J connectivity index is 0.000000178. The quantitative estimate of drug-likeness (QED) is 0.573. The van der Waals surface area contributed by atoms with Crippen LogP contribution in [0.15, 0.2) is 59.5 Å². The minimum absolute atomic E-state index is 0.0666. The molecule has 0 saturated carbocycles. The fourth-order valence-electron chi connectivity index (χ4n) is 3.15. The van der Waals surface area contributed by atoms with Crippen molar-refractivity contribution < 1.29 is 13.0 Å². The van der Waals surface area contributed by atoms with Crippen LogP contribution in [0.5, 0.6) is 0 Å². The van der Waals surface area contributed by atoms with E-state index in [2.05, 4.69) is 47.6 Å². The van der Waals surface area contributed by atoms with Crippen LogP contribution in [0.2, 0.25) is 0 Å². The highest BCUT2D eigenvalue weighted by Crippen LogP contribution is 2.24. The van der Waals surface area contributed by atoms with Crippen LogP contribution in [0.4, 0.5) is 0 Å². The highest BCUT2D eigenvalue weighted by molar-refractivity contribution is 7.85. The first-order valence-electron chi connectivity index (χ1n) is 9.43. The zero-order valence-corrected chi connectivity index (χ0v) is 17.0. The molecular formula is C22H26N2O3S. The molecule has 0 bridgehead atoms. The van der Waals surface area contributed by atoms with Crippen molar-refractivity contribution in [3.05, 3.63) is 71.4 Å². The second-order valence-corrected chi connectivity index (χ2v) is 8.35. The molecule has 4 rings (SSSR count). The van der Waals surface area contributed by atoms with E-state index in [0.29, 0.717) is 0 Å². The Bertz CT molecular complexity index is 1080. The van der Waals surface area contributed by atoms with Crippen LogP contribution in [0.1, 0.15) is 30.2 Å². The molecule has 0 spiro atoms. The number of rotatable bonds is 3. The lowest BCUT2D eigenvalue weighted by atomic mass is 10.1. The van der Waals surface area contributed by atoms with Crippen molar-refractivity contribution in [3.8, 4) is 0 Å². The Kier molecular flexibility index (Phi) is 6.34. The molecule has 2 aromatic carbocycles. The number of H-pyrrole nitrogens is 1. The van der Waals surface area contributed by atoms with Crippen molar-refractivity contribution in [1.82, 2.24) is 10.3 Å².